The van der Waals surface area contributed by atoms with Crippen LogP contribution >= 0.6 is 0 Å². The van der Waals surface area contributed by atoms with E-state index in [4.69, 9.17) is 9.15 Å². The van der Waals surface area contributed by atoms with E-state index in [1.807, 2.05) is 72.8 Å². The highest BCUT2D eigenvalue weighted by molar-refractivity contribution is 6.21. The second-order valence-corrected chi connectivity index (χ2v) is 10.3. The van der Waals surface area contributed by atoms with Gasteiger partial charge in [0.2, 0.25) is 11.2 Å². The zero-order valence-electron chi connectivity index (χ0n) is 23.0. The normalized spacial score (nSPS) is 12.5. The Kier molecular flexibility index (Phi) is 7.52. The van der Waals surface area contributed by atoms with Gasteiger partial charge in [0.15, 0.2) is 5.76 Å². The first kappa shape index (κ1) is 27.0. The fraction of sp³-hybridized carbons (Fsp3) is 0.139. The predicted octanol–water partition coefficient (Wildman–Crippen LogP) is 6.84. The highest BCUT2D eigenvalue weighted by Gasteiger charge is 2.34. The maximum Gasteiger partial charge on any atom is 0.261 e. The molecule has 6 nitrogen and oxygen atoms in total. The van der Waals surface area contributed by atoms with E-state index in [1.165, 1.54) is 4.90 Å². The molecule has 0 bridgehead atoms. The molecule has 0 fully saturated rings. The van der Waals surface area contributed by atoms with Crippen LogP contribution in [0.4, 0.5) is 0 Å². The first-order chi connectivity index (χ1) is 20.5. The molecule has 1 aliphatic rings. The third kappa shape index (κ3) is 5.15. The van der Waals surface area contributed by atoms with Crippen LogP contribution in [0.1, 0.15) is 43.8 Å². The number of hydrogen-bond acceptors (Lipinski definition) is 5. The molecule has 1 aliphatic heterocycles. The molecule has 6 heteroatoms. The molecule has 0 saturated carbocycles. The molecule has 42 heavy (non-hydrogen) atoms. The van der Waals surface area contributed by atoms with Crippen molar-refractivity contribution in [1.29, 1.82) is 0 Å². The van der Waals surface area contributed by atoms with E-state index in [1.54, 1.807) is 24.3 Å². The summed E-state index contributed by atoms with van der Waals surface area (Å²) in [5.74, 6) is -0.171. The third-order valence-corrected chi connectivity index (χ3v) is 7.39. The summed E-state index contributed by atoms with van der Waals surface area (Å²) in [6.45, 7) is 4.17. The maximum atomic E-state index is 14.1. The fourth-order valence-corrected chi connectivity index (χ4v) is 5.40. The van der Waals surface area contributed by atoms with Crippen molar-refractivity contribution in [3.05, 3.63) is 148 Å². The van der Waals surface area contributed by atoms with Crippen molar-refractivity contribution in [2.24, 2.45) is 0 Å². The molecule has 4 aromatic carbocycles. The largest absolute Gasteiger partial charge is 0.486 e. The van der Waals surface area contributed by atoms with Gasteiger partial charge in [0, 0.05) is 24.1 Å². The fourth-order valence-electron chi connectivity index (χ4n) is 5.40. The van der Waals surface area contributed by atoms with E-state index in [9.17, 15) is 14.4 Å². The molecular weight excluding hydrogens is 526 g/mol. The lowest BCUT2D eigenvalue weighted by atomic mass is 9.97. The summed E-state index contributed by atoms with van der Waals surface area (Å²) < 4.78 is 12.7. The average molecular weight is 556 g/mol. The number of amides is 2. The number of fused-ring (bicyclic) bond motifs is 2. The van der Waals surface area contributed by atoms with Gasteiger partial charge in [0.05, 0.1) is 23.1 Å². The van der Waals surface area contributed by atoms with Crippen LogP contribution in [-0.4, -0.2) is 29.9 Å². The minimum absolute atomic E-state index is 0.109. The minimum atomic E-state index is -0.313. The van der Waals surface area contributed by atoms with Gasteiger partial charge in [-0.3, -0.25) is 19.3 Å². The van der Waals surface area contributed by atoms with Crippen LogP contribution < -0.4 is 10.2 Å². The molecule has 0 unspecified atom stereocenters. The number of allylic oxidation sites excluding steroid dienone is 1. The lowest BCUT2D eigenvalue weighted by Crippen LogP contribution is -2.31. The van der Waals surface area contributed by atoms with Crippen molar-refractivity contribution in [3.63, 3.8) is 0 Å². The summed E-state index contributed by atoms with van der Waals surface area (Å²) in [5, 5.41) is 0.440. The quantitative estimate of drug-likeness (QED) is 0.107. The van der Waals surface area contributed by atoms with Gasteiger partial charge in [-0.25, -0.2) is 0 Å². The Hall–Kier alpha value is -5.23. The highest BCUT2D eigenvalue weighted by Crippen LogP contribution is 2.34. The summed E-state index contributed by atoms with van der Waals surface area (Å²) >= 11 is 0. The SMILES string of the molecule is C=CCc1cc(Cc2ccccc2)c2oc(-c3ccccc3)c(OCCCN3C(=O)c4ccccc4C3=O)c(=O)c2c1. The number of rotatable bonds is 10. The van der Waals surface area contributed by atoms with Crippen molar-refractivity contribution in [2.75, 3.05) is 13.2 Å². The average Bonchev–Trinajstić information content (AvgIpc) is 3.26. The molecule has 0 aliphatic carbocycles. The smallest absolute Gasteiger partial charge is 0.261 e. The summed E-state index contributed by atoms with van der Waals surface area (Å²) in [7, 11) is 0. The van der Waals surface area contributed by atoms with Gasteiger partial charge in [-0.2, -0.15) is 0 Å². The van der Waals surface area contributed by atoms with Gasteiger partial charge in [-0.15, -0.1) is 6.58 Å². The molecule has 0 saturated heterocycles. The van der Waals surface area contributed by atoms with Gasteiger partial charge in [-0.05, 0) is 42.2 Å². The van der Waals surface area contributed by atoms with E-state index in [0.29, 0.717) is 52.7 Å². The molecule has 5 aromatic rings. The van der Waals surface area contributed by atoms with Gasteiger partial charge < -0.3 is 9.15 Å². The van der Waals surface area contributed by atoms with Crippen molar-refractivity contribution in [1.82, 2.24) is 4.90 Å². The van der Waals surface area contributed by atoms with Crippen LogP contribution in [0.15, 0.2) is 119 Å². The predicted molar refractivity (Wildman–Crippen MR) is 163 cm³/mol. The third-order valence-electron chi connectivity index (χ3n) is 7.39. The second-order valence-electron chi connectivity index (χ2n) is 10.3. The van der Waals surface area contributed by atoms with E-state index >= 15 is 0 Å². The summed E-state index contributed by atoms with van der Waals surface area (Å²) in [6, 6.07) is 30.2. The summed E-state index contributed by atoms with van der Waals surface area (Å²) in [4.78, 5) is 40.8. The summed E-state index contributed by atoms with van der Waals surface area (Å²) in [6.07, 6.45) is 3.37. The highest BCUT2D eigenvalue weighted by atomic mass is 16.5. The molecular formula is C36H29NO5. The Morgan fingerprint density at radius 3 is 2.10 bits per heavy atom. The monoisotopic (exact) mass is 555 g/mol. The number of carbonyl (C=O) groups excluding carboxylic acids is 2. The Morgan fingerprint density at radius 1 is 0.786 bits per heavy atom. The molecule has 0 spiro atoms. The van der Waals surface area contributed by atoms with Crippen LogP contribution in [0.2, 0.25) is 0 Å². The van der Waals surface area contributed by atoms with Crippen molar-refractivity contribution < 1.29 is 18.7 Å². The van der Waals surface area contributed by atoms with Crippen LogP contribution in [-0.2, 0) is 12.8 Å². The molecule has 1 aromatic heterocycles. The van der Waals surface area contributed by atoms with Gasteiger partial charge in [0.25, 0.3) is 11.8 Å². The Balaban J connectivity index is 1.34. The van der Waals surface area contributed by atoms with E-state index in [2.05, 4.69) is 12.6 Å². The van der Waals surface area contributed by atoms with E-state index in [-0.39, 0.29) is 36.1 Å². The first-order valence-electron chi connectivity index (χ1n) is 14.0. The Bertz CT molecular complexity index is 1820. The maximum absolute atomic E-state index is 14.1. The van der Waals surface area contributed by atoms with E-state index in [0.717, 1.165) is 16.7 Å². The molecule has 2 heterocycles. The van der Waals surface area contributed by atoms with Gasteiger partial charge in [0.1, 0.15) is 5.58 Å². The molecule has 2 amide bonds. The number of ether oxygens (including phenoxy) is 1. The molecule has 6 rings (SSSR count). The van der Waals surface area contributed by atoms with Crippen LogP contribution in [0.3, 0.4) is 0 Å². The lowest BCUT2D eigenvalue weighted by Gasteiger charge is -2.16. The van der Waals surface area contributed by atoms with E-state index < -0.39 is 0 Å². The van der Waals surface area contributed by atoms with Crippen molar-refractivity contribution in [2.45, 2.75) is 19.3 Å². The molecule has 208 valence electrons. The Labute approximate surface area is 243 Å². The van der Waals surface area contributed by atoms with Gasteiger partial charge >= 0.3 is 0 Å². The number of imide groups is 1. The van der Waals surface area contributed by atoms with Crippen molar-refractivity contribution >= 4 is 22.8 Å². The number of carbonyl (C=O) groups is 2. The standard InChI is InChI=1S/C36H29NO5/c1-2-12-25-22-27(21-24-13-5-3-6-14-24)32-30(23-25)31(38)34(33(42-32)26-15-7-4-8-16-26)41-20-11-19-37-35(39)28-17-9-10-18-29(28)36(37)40/h2-10,13-18,22-23H,1,11-12,19-21H2. The van der Waals surface area contributed by atoms with Crippen LogP contribution in [0.25, 0.3) is 22.3 Å². The minimum Gasteiger partial charge on any atom is -0.486 e. The van der Waals surface area contributed by atoms with Crippen LogP contribution in [0, 0.1) is 0 Å². The lowest BCUT2D eigenvalue weighted by molar-refractivity contribution is 0.0646. The summed E-state index contributed by atoms with van der Waals surface area (Å²) in [5.41, 5.74) is 4.75. The zero-order valence-corrected chi connectivity index (χ0v) is 23.0. The molecule has 0 N–H and O–H groups in total. The topological polar surface area (TPSA) is 76.8 Å². The first-order valence-corrected chi connectivity index (χ1v) is 14.0. The number of nitrogens with zero attached hydrogens (tertiary/aromatic N) is 1. The zero-order chi connectivity index (χ0) is 29.1. The molecule has 0 atom stereocenters. The van der Waals surface area contributed by atoms with Gasteiger partial charge in [-0.1, -0.05) is 84.9 Å². The van der Waals surface area contributed by atoms with Crippen molar-refractivity contribution in [3.8, 4) is 17.1 Å². The molecule has 0 radical (unpaired) electrons. The number of benzene rings is 4. The van der Waals surface area contributed by atoms with Crippen LogP contribution in [0.5, 0.6) is 5.75 Å². The Morgan fingerprint density at radius 2 is 1.43 bits per heavy atom. The second kappa shape index (κ2) is 11.7. The number of hydrogen-bond donors (Lipinski definition) is 0.